The van der Waals surface area contributed by atoms with Gasteiger partial charge >= 0.3 is 6.03 Å². The molecule has 3 aliphatic rings. The molecule has 0 bridgehead atoms. The number of hydrazone groups is 1. The van der Waals surface area contributed by atoms with Gasteiger partial charge in [-0.3, -0.25) is 4.79 Å². The smallest absolute Gasteiger partial charge is 0.341 e. The van der Waals surface area contributed by atoms with Crippen LogP contribution >= 0.6 is 0 Å². The highest BCUT2D eigenvalue weighted by molar-refractivity contribution is 5.95. The van der Waals surface area contributed by atoms with Crippen molar-refractivity contribution in [3.05, 3.63) is 53.6 Å². The third-order valence-electron chi connectivity index (χ3n) is 5.34. The first-order valence-corrected chi connectivity index (χ1v) is 9.77. The van der Waals surface area contributed by atoms with Gasteiger partial charge in [-0.05, 0) is 17.7 Å². The summed E-state index contributed by atoms with van der Waals surface area (Å²) < 4.78 is 38.7. The van der Waals surface area contributed by atoms with Gasteiger partial charge < -0.3 is 19.7 Å². The minimum absolute atomic E-state index is 0.0292. The SMILES string of the molecule is O=C1COc2cc(F)c(OC3CN(C(=O)N4N=CC[C@H]4c4cccc(F)c4)C3)cc2N1. The molecule has 0 aliphatic carbocycles. The number of carbonyl (C=O) groups excluding carboxylic acids is 2. The number of hydrogen-bond acceptors (Lipinski definition) is 5. The van der Waals surface area contributed by atoms with Crippen molar-refractivity contribution in [1.29, 1.82) is 0 Å². The van der Waals surface area contributed by atoms with Crippen LogP contribution in [0.1, 0.15) is 18.0 Å². The Bertz CT molecular complexity index is 1090. The summed E-state index contributed by atoms with van der Waals surface area (Å²) in [4.78, 5) is 25.8. The van der Waals surface area contributed by atoms with Gasteiger partial charge in [0.15, 0.2) is 18.2 Å². The van der Waals surface area contributed by atoms with E-state index in [1.807, 2.05) is 0 Å². The summed E-state index contributed by atoms with van der Waals surface area (Å²) in [6, 6.07) is 7.93. The molecule has 3 amide bonds. The van der Waals surface area contributed by atoms with Gasteiger partial charge in [-0.2, -0.15) is 5.10 Å². The van der Waals surface area contributed by atoms with Crippen LogP contribution in [-0.2, 0) is 4.79 Å². The summed E-state index contributed by atoms with van der Waals surface area (Å²) in [5, 5.41) is 8.08. The molecule has 1 saturated heterocycles. The fourth-order valence-electron chi connectivity index (χ4n) is 3.75. The molecule has 0 radical (unpaired) electrons. The second kappa shape index (κ2) is 7.53. The van der Waals surface area contributed by atoms with Crippen LogP contribution in [0.15, 0.2) is 41.5 Å². The van der Waals surface area contributed by atoms with Crippen molar-refractivity contribution in [3.63, 3.8) is 0 Å². The van der Waals surface area contributed by atoms with E-state index in [-0.39, 0.29) is 55.0 Å². The lowest BCUT2D eigenvalue weighted by Gasteiger charge is -2.41. The van der Waals surface area contributed by atoms with Crippen LogP contribution in [-0.4, -0.2) is 53.9 Å². The molecule has 1 fully saturated rings. The van der Waals surface area contributed by atoms with Crippen LogP contribution < -0.4 is 14.8 Å². The van der Waals surface area contributed by atoms with Gasteiger partial charge in [0.05, 0.1) is 24.8 Å². The number of benzene rings is 2. The van der Waals surface area contributed by atoms with Crippen molar-refractivity contribution in [3.8, 4) is 11.5 Å². The number of nitrogens with zero attached hydrogens (tertiary/aromatic N) is 3. The zero-order chi connectivity index (χ0) is 21.5. The number of rotatable bonds is 3. The largest absolute Gasteiger partial charge is 0.484 e. The van der Waals surface area contributed by atoms with E-state index >= 15 is 0 Å². The molecular formula is C21H18F2N4O4. The first kappa shape index (κ1) is 19.3. The Hall–Kier alpha value is -3.69. The lowest BCUT2D eigenvalue weighted by molar-refractivity contribution is -0.118. The number of amides is 3. The minimum atomic E-state index is -0.616. The molecule has 3 aliphatic heterocycles. The van der Waals surface area contributed by atoms with Crippen molar-refractivity contribution >= 4 is 23.8 Å². The number of anilines is 1. The van der Waals surface area contributed by atoms with Gasteiger partial charge in [0.2, 0.25) is 0 Å². The molecule has 8 nitrogen and oxygen atoms in total. The molecule has 3 heterocycles. The molecule has 0 spiro atoms. The molecule has 10 heteroatoms. The van der Waals surface area contributed by atoms with E-state index in [1.165, 1.54) is 28.1 Å². The van der Waals surface area contributed by atoms with Crippen LogP contribution in [0.2, 0.25) is 0 Å². The monoisotopic (exact) mass is 428 g/mol. The number of urea groups is 1. The first-order valence-electron chi connectivity index (χ1n) is 9.77. The number of fused-ring (bicyclic) bond motifs is 1. The Balaban J connectivity index is 1.22. The minimum Gasteiger partial charge on any atom is -0.484 e. The number of halogens is 2. The zero-order valence-corrected chi connectivity index (χ0v) is 16.3. The molecule has 0 unspecified atom stereocenters. The lowest BCUT2D eigenvalue weighted by Crippen LogP contribution is -2.58. The maximum Gasteiger partial charge on any atom is 0.341 e. The normalized spacial score (nSPS) is 20.1. The van der Waals surface area contributed by atoms with Crippen molar-refractivity contribution in [1.82, 2.24) is 9.91 Å². The second-order valence-electron chi connectivity index (χ2n) is 7.49. The highest BCUT2D eigenvalue weighted by Crippen LogP contribution is 2.36. The topological polar surface area (TPSA) is 83.5 Å². The van der Waals surface area contributed by atoms with E-state index in [2.05, 4.69) is 10.4 Å². The van der Waals surface area contributed by atoms with Crippen LogP contribution in [0.3, 0.4) is 0 Å². The Morgan fingerprint density at radius 3 is 2.87 bits per heavy atom. The Morgan fingerprint density at radius 2 is 2.06 bits per heavy atom. The van der Waals surface area contributed by atoms with Gasteiger partial charge in [-0.25, -0.2) is 18.6 Å². The van der Waals surface area contributed by atoms with Crippen molar-refractivity contribution in [2.24, 2.45) is 5.10 Å². The van der Waals surface area contributed by atoms with E-state index in [9.17, 15) is 18.4 Å². The molecular weight excluding hydrogens is 410 g/mol. The molecule has 2 aromatic carbocycles. The fourth-order valence-corrected chi connectivity index (χ4v) is 3.75. The standard InChI is InChI=1S/C21H18F2N4O4/c22-13-3-1-2-12(6-13)17-4-5-24-27(17)21(29)26-9-14(10-26)31-18-8-16-19(7-15(18)23)30-11-20(28)25-16/h1-3,5-8,14,17H,4,9-11H2,(H,25,28)/t17-/m0/s1. The second-order valence-corrected chi connectivity index (χ2v) is 7.49. The summed E-state index contributed by atoms with van der Waals surface area (Å²) in [5.41, 5.74) is 1.00. The average Bonchev–Trinajstić information content (AvgIpc) is 3.20. The van der Waals surface area contributed by atoms with Crippen LogP contribution in [0.5, 0.6) is 11.5 Å². The fraction of sp³-hybridized carbons (Fsp3) is 0.286. The number of ether oxygens (including phenoxy) is 2. The predicted octanol–water partition coefficient (Wildman–Crippen LogP) is 2.91. The van der Waals surface area contributed by atoms with Crippen molar-refractivity contribution in [2.45, 2.75) is 18.6 Å². The average molecular weight is 428 g/mol. The first-order chi connectivity index (χ1) is 15.0. The van der Waals surface area contributed by atoms with Crippen LogP contribution in [0.4, 0.5) is 19.3 Å². The highest BCUT2D eigenvalue weighted by Gasteiger charge is 2.39. The zero-order valence-electron chi connectivity index (χ0n) is 16.3. The summed E-state index contributed by atoms with van der Waals surface area (Å²) in [5.74, 6) is -1.11. The molecule has 31 heavy (non-hydrogen) atoms. The Morgan fingerprint density at radius 1 is 1.23 bits per heavy atom. The number of hydrogen-bond donors (Lipinski definition) is 1. The van der Waals surface area contributed by atoms with E-state index in [1.54, 1.807) is 18.3 Å². The third kappa shape index (κ3) is 3.65. The number of likely N-dealkylation sites (tertiary alicyclic amines) is 1. The van der Waals surface area contributed by atoms with E-state index in [0.717, 1.165) is 6.07 Å². The number of nitrogens with one attached hydrogen (secondary N) is 1. The highest BCUT2D eigenvalue weighted by atomic mass is 19.1. The van der Waals surface area contributed by atoms with Crippen LogP contribution in [0, 0.1) is 11.6 Å². The molecule has 2 aromatic rings. The summed E-state index contributed by atoms with van der Waals surface area (Å²) in [6.07, 6.45) is 1.72. The Kier molecular flexibility index (Phi) is 4.68. The van der Waals surface area contributed by atoms with E-state index < -0.39 is 11.9 Å². The lowest BCUT2D eigenvalue weighted by atomic mass is 10.0. The maximum atomic E-state index is 14.3. The van der Waals surface area contributed by atoms with Gasteiger partial charge in [-0.15, -0.1) is 0 Å². The summed E-state index contributed by atoms with van der Waals surface area (Å²) in [7, 11) is 0. The summed E-state index contributed by atoms with van der Waals surface area (Å²) >= 11 is 0. The van der Waals surface area contributed by atoms with E-state index in [0.29, 0.717) is 17.7 Å². The molecule has 1 N–H and O–H groups in total. The quantitative estimate of drug-likeness (QED) is 0.815. The van der Waals surface area contributed by atoms with Gasteiger partial charge in [-0.1, -0.05) is 12.1 Å². The van der Waals surface area contributed by atoms with Crippen molar-refractivity contribution < 1.29 is 27.8 Å². The van der Waals surface area contributed by atoms with Gasteiger partial charge in [0.1, 0.15) is 17.7 Å². The maximum absolute atomic E-state index is 14.3. The molecule has 160 valence electrons. The molecule has 1 atom stereocenters. The van der Waals surface area contributed by atoms with E-state index in [4.69, 9.17) is 9.47 Å². The van der Waals surface area contributed by atoms with Gasteiger partial charge in [0, 0.05) is 24.8 Å². The number of carbonyl (C=O) groups is 2. The Labute approximate surface area is 176 Å². The molecule has 5 rings (SSSR count). The van der Waals surface area contributed by atoms with Crippen LogP contribution in [0.25, 0.3) is 0 Å². The molecule has 0 aromatic heterocycles. The third-order valence-corrected chi connectivity index (χ3v) is 5.34. The molecule has 0 saturated carbocycles. The van der Waals surface area contributed by atoms with Gasteiger partial charge in [0.25, 0.3) is 5.91 Å². The predicted molar refractivity (Wildman–Crippen MR) is 106 cm³/mol. The van der Waals surface area contributed by atoms with Crippen molar-refractivity contribution in [2.75, 3.05) is 25.0 Å². The summed E-state index contributed by atoms with van der Waals surface area (Å²) in [6.45, 7) is 0.335.